The van der Waals surface area contributed by atoms with E-state index in [4.69, 9.17) is 9.47 Å². The Labute approximate surface area is 184 Å². The number of hydrogen-bond acceptors (Lipinski definition) is 4. The molecule has 0 aliphatic carbocycles. The molecule has 1 N–H and O–H groups in total. The maximum atomic E-state index is 12.8. The molecule has 0 aromatic heterocycles. The molecule has 0 atom stereocenters. The highest BCUT2D eigenvalue weighted by molar-refractivity contribution is 5.91. The molecule has 0 unspecified atom stereocenters. The van der Waals surface area contributed by atoms with Gasteiger partial charge >= 0.3 is 6.61 Å². The van der Waals surface area contributed by atoms with E-state index in [0.717, 1.165) is 11.1 Å². The van der Waals surface area contributed by atoms with E-state index in [1.165, 1.54) is 6.07 Å². The molecule has 0 fully saturated rings. The summed E-state index contributed by atoms with van der Waals surface area (Å²) >= 11 is 0. The third kappa shape index (κ3) is 5.75. The summed E-state index contributed by atoms with van der Waals surface area (Å²) in [5, 5.41) is 2.84. The number of carbonyl (C=O) groups excluding carboxylic acids is 1. The van der Waals surface area contributed by atoms with Gasteiger partial charge in [0, 0.05) is 24.1 Å². The number of fused-ring (bicyclic) bond motifs is 1. The van der Waals surface area contributed by atoms with E-state index in [0.29, 0.717) is 48.8 Å². The molecule has 3 aromatic rings. The third-order valence-electron chi connectivity index (χ3n) is 5.05. The first-order valence-corrected chi connectivity index (χ1v) is 10.4. The molecule has 3 aromatic carbocycles. The third-order valence-corrected chi connectivity index (χ3v) is 5.05. The van der Waals surface area contributed by atoms with E-state index < -0.39 is 6.61 Å². The number of carbonyl (C=O) groups is 1. The first-order chi connectivity index (χ1) is 15.6. The van der Waals surface area contributed by atoms with Gasteiger partial charge in [-0.05, 0) is 47.9 Å². The molecule has 5 nitrogen and oxygen atoms in total. The Morgan fingerprint density at radius 2 is 1.72 bits per heavy atom. The number of amides is 1. The summed E-state index contributed by atoms with van der Waals surface area (Å²) in [5.74, 6) is 1.32. The maximum Gasteiger partial charge on any atom is 0.387 e. The Kier molecular flexibility index (Phi) is 6.84. The van der Waals surface area contributed by atoms with E-state index >= 15 is 0 Å². The number of aryl methyl sites for hydroxylation is 1. The highest BCUT2D eigenvalue weighted by Crippen LogP contribution is 2.31. The molecule has 0 saturated carbocycles. The van der Waals surface area contributed by atoms with Gasteiger partial charge < -0.3 is 19.5 Å². The molecule has 0 bridgehead atoms. The van der Waals surface area contributed by atoms with Crippen molar-refractivity contribution in [2.24, 2.45) is 0 Å². The second-order valence-corrected chi connectivity index (χ2v) is 7.39. The average Bonchev–Trinajstić information content (AvgIpc) is 2.80. The zero-order valence-electron chi connectivity index (χ0n) is 17.4. The lowest BCUT2D eigenvalue weighted by molar-refractivity contribution is -0.116. The number of anilines is 1. The fourth-order valence-electron chi connectivity index (χ4n) is 3.55. The van der Waals surface area contributed by atoms with Crippen LogP contribution in [0, 0.1) is 0 Å². The van der Waals surface area contributed by atoms with Crippen LogP contribution >= 0.6 is 0 Å². The molecule has 0 saturated heterocycles. The smallest absolute Gasteiger partial charge is 0.387 e. The number of benzene rings is 3. The molecule has 1 aliphatic rings. The van der Waals surface area contributed by atoms with E-state index in [-0.39, 0.29) is 18.1 Å². The van der Waals surface area contributed by atoms with Crippen LogP contribution < -0.4 is 19.5 Å². The number of halogens is 2. The largest absolute Gasteiger partial charge is 0.486 e. The monoisotopic (exact) mass is 439 g/mol. The molecule has 166 valence electrons. The van der Waals surface area contributed by atoms with Gasteiger partial charge in [0.25, 0.3) is 0 Å². The van der Waals surface area contributed by atoms with Crippen molar-refractivity contribution in [3.05, 3.63) is 83.4 Å². The van der Waals surface area contributed by atoms with Gasteiger partial charge in [0.1, 0.15) is 19.0 Å². The van der Waals surface area contributed by atoms with Crippen LogP contribution in [0.3, 0.4) is 0 Å². The number of alkyl halides is 2. The Hall–Kier alpha value is -3.61. The van der Waals surface area contributed by atoms with E-state index in [9.17, 15) is 13.6 Å². The van der Waals surface area contributed by atoms with Crippen molar-refractivity contribution in [3.8, 4) is 17.2 Å². The molecule has 1 heterocycles. The molecule has 4 rings (SSSR count). The molecular weight excluding hydrogens is 416 g/mol. The van der Waals surface area contributed by atoms with Crippen LogP contribution in [0.2, 0.25) is 0 Å². The lowest BCUT2D eigenvalue weighted by Gasteiger charge is -2.18. The summed E-state index contributed by atoms with van der Waals surface area (Å²) in [7, 11) is 0. The van der Waals surface area contributed by atoms with Crippen molar-refractivity contribution in [1.82, 2.24) is 0 Å². The van der Waals surface area contributed by atoms with Crippen molar-refractivity contribution >= 4 is 11.6 Å². The Morgan fingerprint density at radius 3 is 2.50 bits per heavy atom. The van der Waals surface area contributed by atoms with Gasteiger partial charge in [-0.25, -0.2) is 0 Å². The van der Waals surface area contributed by atoms with Crippen LogP contribution in [0.15, 0.2) is 66.7 Å². The number of hydrogen-bond donors (Lipinski definition) is 1. The van der Waals surface area contributed by atoms with Crippen molar-refractivity contribution in [3.63, 3.8) is 0 Å². The van der Waals surface area contributed by atoms with Crippen molar-refractivity contribution in [2.45, 2.75) is 25.9 Å². The van der Waals surface area contributed by atoms with Gasteiger partial charge in [-0.15, -0.1) is 0 Å². The van der Waals surface area contributed by atoms with Crippen molar-refractivity contribution in [2.75, 3.05) is 18.5 Å². The number of ether oxygens (including phenoxy) is 3. The zero-order valence-corrected chi connectivity index (χ0v) is 17.4. The standard InChI is InChI=1S/C25H23F2NO4/c26-25(27)32-21-10-8-20(16-19(21)14-17-4-2-1-3-5-17)28-24(29)11-7-18-6-9-22-23(15-18)31-13-12-30-22/h1-6,8-10,15-16,25H,7,11-14H2,(H,28,29). The minimum Gasteiger partial charge on any atom is -0.486 e. The van der Waals surface area contributed by atoms with Crippen LogP contribution in [-0.2, 0) is 17.6 Å². The molecule has 32 heavy (non-hydrogen) atoms. The number of nitrogens with one attached hydrogen (secondary N) is 1. The van der Waals surface area contributed by atoms with Gasteiger partial charge in [-0.1, -0.05) is 36.4 Å². The Balaban J connectivity index is 1.41. The fraction of sp³-hybridized carbons (Fsp3) is 0.240. The van der Waals surface area contributed by atoms with Crippen LogP contribution in [-0.4, -0.2) is 25.7 Å². The summed E-state index contributed by atoms with van der Waals surface area (Å²) in [6, 6.07) is 19.8. The van der Waals surface area contributed by atoms with E-state index in [2.05, 4.69) is 10.1 Å². The van der Waals surface area contributed by atoms with E-state index in [1.54, 1.807) is 12.1 Å². The fourth-order valence-corrected chi connectivity index (χ4v) is 3.55. The second-order valence-electron chi connectivity index (χ2n) is 7.39. The Bertz CT molecular complexity index is 1070. The van der Waals surface area contributed by atoms with Gasteiger partial charge in [-0.2, -0.15) is 8.78 Å². The van der Waals surface area contributed by atoms with Gasteiger partial charge in [-0.3, -0.25) is 4.79 Å². The average molecular weight is 439 g/mol. The van der Waals surface area contributed by atoms with Crippen LogP contribution in [0.5, 0.6) is 17.2 Å². The highest BCUT2D eigenvalue weighted by atomic mass is 19.3. The molecular formula is C25H23F2NO4. The van der Waals surface area contributed by atoms with Crippen molar-refractivity contribution in [1.29, 1.82) is 0 Å². The van der Waals surface area contributed by atoms with Crippen molar-refractivity contribution < 1.29 is 27.8 Å². The van der Waals surface area contributed by atoms with Crippen LogP contribution in [0.1, 0.15) is 23.1 Å². The summed E-state index contributed by atoms with van der Waals surface area (Å²) in [6.45, 7) is -1.88. The summed E-state index contributed by atoms with van der Waals surface area (Å²) in [5.41, 5.74) is 3.02. The molecule has 0 spiro atoms. The lowest BCUT2D eigenvalue weighted by atomic mass is 10.0. The first-order valence-electron chi connectivity index (χ1n) is 10.4. The molecule has 0 radical (unpaired) electrons. The maximum absolute atomic E-state index is 12.8. The highest BCUT2D eigenvalue weighted by Gasteiger charge is 2.14. The topological polar surface area (TPSA) is 56.8 Å². The molecule has 7 heteroatoms. The summed E-state index contributed by atoms with van der Waals surface area (Å²) in [6.07, 6.45) is 1.21. The quantitative estimate of drug-likeness (QED) is 0.523. The first kappa shape index (κ1) is 21.6. The van der Waals surface area contributed by atoms with Crippen LogP contribution in [0.25, 0.3) is 0 Å². The predicted molar refractivity (Wildman–Crippen MR) is 117 cm³/mol. The zero-order chi connectivity index (χ0) is 22.3. The second kappa shape index (κ2) is 10.1. The van der Waals surface area contributed by atoms with Crippen LogP contribution in [0.4, 0.5) is 14.5 Å². The van der Waals surface area contributed by atoms with E-state index in [1.807, 2.05) is 48.5 Å². The van der Waals surface area contributed by atoms with Gasteiger partial charge in [0.15, 0.2) is 11.5 Å². The summed E-state index contributed by atoms with van der Waals surface area (Å²) in [4.78, 5) is 12.5. The lowest BCUT2D eigenvalue weighted by Crippen LogP contribution is -2.16. The minimum absolute atomic E-state index is 0.0955. The molecule has 1 amide bonds. The molecule has 1 aliphatic heterocycles. The predicted octanol–water partition coefficient (Wildman–Crippen LogP) is 5.22. The van der Waals surface area contributed by atoms with Gasteiger partial charge in [0.2, 0.25) is 5.91 Å². The Morgan fingerprint density at radius 1 is 0.938 bits per heavy atom. The van der Waals surface area contributed by atoms with Gasteiger partial charge in [0.05, 0.1) is 0 Å². The minimum atomic E-state index is -2.92. The summed E-state index contributed by atoms with van der Waals surface area (Å²) < 4.78 is 41.4. The normalized spacial score (nSPS) is 12.5. The number of rotatable bonds is 8. The SMILES string of the molecule is O=C(CCc1ccc2c(c1)OCCO2)Nc1ccc(OC(F)F)c(Cc2ccccc2)c1.